The lowest BCUT2D eigenvalue weighted by Gasteiger charge is -2.20. The number of methoxy groups -OCH3 is 1. The number of carbonyl (C=O) groups is 1. The Morgan fingerprint density at radius 1 is 1.33 bits per heavy atom. The Balaban J connectivity index is 1.82. The fourth-order valence-electron chi connectivity index (χ4n) is 2.53. The topological polar surface area (TPSA) is 50.4 Å². The molecule has 1 saturated heterocycles. The minimum absolute atomic E-state index is 0.135. The molecule has 86 valence electrons. The van der Waals surface area contributed by atoms with E-state index in [0.29, 0.717) is 0 Å². The Kier molecular flexibility index (Phi) is 3.59. The van der Waals surface area contributed by atoms with Crippen LogP contribution in [0.1, 0.15) is 25.7 Å². The third-order valence-corrected chi connectivity index (χ3v) is 3.51. The molecule has 1 aliphatic carbocycles. The van der Waals surface area contributed by atoms with Gasteiger partial charge in [-0.05, 0) is 12.8 Å². The molecular weight excluding hydrogens is 192 g/mol. The Labute approximate surface area is 90.8 Å². The van der Waals surface area contributed by atoms with E-state index in [0.717, 1.165) is 25.9 Å². The predicted octanol–water partition coefficient (Wildman–Crippen LogP) is 0.280. The van der Waals surface area contributed by atoms with E-state index < -0.39 is 0 Å². The lowest BCUT2D eigenvalue weighted by atomic mass is 10.1. The van der Waals surface area contributed by atoms with Crippen molar-refractivity contribution in [1.29, 1.82) is 0 Å². The van der Waals surface area contributed by atoms with Gasteiger partial charge in [0.15, 0.2) is 0 Å². The molecule has 0 aromatic carbocycles. The summed E-state index contributed by atoms with van der Waals surface area (Å²) in [5.74, 6) is 0.478. The van der Waals surface area contributed by atoms with Gasteiger partial charge >= 0.3 is 0 Å². The van der Waals surface area contributed by atoms with Crippen molar-refractivity contribution < 1.29 is 9.53 Å². The highest BCUT2D eigenvalue weighted by atomic mass is 16.5. The summed E-state index contributed by atoms with van der Waals surface area (Å²) < 4.78 is 5.31. The van der Waals surface area contributed by atoms with Crippen LogP contribution in [0.4, 0.5) is 0 Å². The van der Waals surface area contributed by atoms with E-state index in [-0.39, 0.29) is 24.0 Å². The monoisotopic (exact) mass is 212 g/mol. The standard InChI is InChI=1S/C11H20N2O2/c1-15-10-7-12-6-9(10)13-11(14)8-4-2-3-5-8/h8-10,12H,2-7H2,1H3,(H,13,14)/t9?,10-/m0/s1. The van der Waals surface area contributed by atoms with E-state index in [2.05, 4.69) is 10.6 Å². The SMILES string of the molecule is CO[C@H]1CNCC1NC(=O)C1CCCC1. The van der Waals surface area contributed by atoms with Crippen LogP contribution in [0.2, 0.25) is 0 Å². The summed E-state index contributed by atoms with van der Waals surface area (Å²) in [6.07, 6.45) is 4.66. The Morgan fingerprint density at radius 2 is 2.07 bits per heavy atom. The molecule has 2 fully saturated rings. The van der Waals surface area contributed by atoms with E-state index >= 15 is 0 Å². The summed E-state index contributed by atoms with van der Waals surface area (Å²) in [7, 11) is 1.70. The van der Waals surface area contributed by atoms with Crippen LogP contribution in [-0.4, -0.2) is 38.3 Å². The summed E-state index contributed by atoms with van der Waals surface area (Å²) in [6, 6.07) is 0.156. The quantitative estimate of drug-likeness (QED) is 0.706. The maximum absolute atomic E-state index is 11.9. The van der Waals surface area contributed by atoms with Gasteiger partial charge in [0.1, 0.15) is 0 Å². The van der Waals surface area contributed by atoms with Gasteiger partial charge in [-0.25, -0.2) is 0 Å². The molecule has 1 amide bonds. The van der Waals surface area contributed by atoms with Crippen LogP contribution >= 0.6 is 0 Å². The van der Waals surface area contributed by atoms with Crippen molar-refractivity contribution in [2.75, 3.05) is 20.2 Å². The maximum Gasteiger partial charge on any atom is 0.223 e. The fraction of sp³-hybridized carbons (Fsp3) is 0.909. The minimum Gasteiger partial charge on any atom is -0.378 e. The van der Waals surface area contributed by atoms with Crippen LogP contribution in [0.25, 0.3) is 0 Å². The highest BCUT2D eigenvalue weighted by molar-refractivity contribution is 5.79. The molecule has 1 heterocycles. The van der Waals surface area contributed by atoms with Crippen LogP contribution in [-0.2, 0) is 9.53 Å². The number of rotatable bonds is 3. The summed E-state index contributed by atoms with van der Waals surface area (Å²) in [6.45, 7) is 1.67. The largest absolute Gasteiger partial charge is 0.378 e. The lowest BCUT2D eigenvalue weighted by Crippen LogP contribution is -2.45. The molecule has 2 rings (SSSR count). The van der Waals surface area contributed by atoms with Gasteiger partial charge in [0.05, 0.1) is 12.1 Å². The smallest absolute Gasteiger partial charge is 0.223 e. The van der Waals surface area contributed by atoms with E-state index in [1.54, 1.807) is 7.11 Å². The van der Waals surface area contributed by atoms with Crippen molar-refractivity contribution in [3.05, 3.63) is 0 Å². The zero-order valence-electron chi connectivity index (χ0n) is 9.29. The van der Waals surface area contributed by atoms with Crippen LogP contribution in [0.5, 0.6) is 0 Å². The number of carbonyl (C=O) groups excluding carboxylic acids is 1. The second-order valence-corrected chi connectivity index (χ2v) is 4.53. The molecule has 1 unspecified atom stereocenters. The van der Waals surface area contributed by atoms with Crippen LogP contribution in [0.15, 0.2) is 0 Å². The van der Waals surface area contributed by atoms with Gasteiger partial charge in [0, 0.05) is 26.1 Å². The summed E-state index contributed by atoms with van der Waals surface area (Å²) in [5, 5.41) is 6.32. The zero-order chi connectivity index (χ0) is 10.7. The first-order chi connectivity index (χ1) is 7.31. The second-order valence-electron chi connectivity index (χ2n) is 4.53. The van der Waals surface area contributed by atoms with Crippen molar-refractivity contribution in [3.8, 4) is 0 Å². The molecule has 4 nitrogen and oxygen atoms in total. The van der Waals surface area contributed by atoms with Gasteiger partial charge < -0.3 is 15.4 Å². The summed E-state index contributed by atoms with van der Waals surface area (Å²) in [4.78, 5) is 11.9. The van der Waals surface area contributed by atoms with Crippen LogP contribution < -0.4 is 10.6 Å². The van der Waals surface area contributed by atoms with Crippen molar-refractivity contribution in [2.45, 2.75) is 37.8 Å². The first-order valence-electron chi connectivity index (χ1n) is 5.85. The molecular formula is C11H20N2O2. The molecule has 4 heteroatoms. The molecule has 1 saturated carbocycles. The van der Waals surface area contributed by atoms with Gasteiger partial charge in [0.25, 0.3) is 0 Å². The van der Waals surface area contributed by atoms with Gasteiger partial charge in [-0.3, -0.25) is 4.79 Å². The second kappa shape index (κ2) is 4.94. The van der Waals surface area contributed by atoms with Gasteiger partial charge in [0.2, 0.25) is 5.91 Å². The van der Waals surface area contributed by atoms with E-state index in [9.17, 15) is 4.79 Å². The van der Waals surface area contributed by atoms with E-state index in [4.69, 9.17) is 4.74 Å². The molecule has 2 atom stereocenters. The zero-order valence-corrected chi connectivity index (χ0v) is 9.29. The Morgan fingerprint density at radius 3 is 2.73 bits per heavy atom. The van der Waals surface area contributed by atoms with Gasteiger partial charge in [-0.2, -0.15) is 0 Å². The predicted molar refractivity (Wildman–Crippen MR) is 57.6 cm³/mol. The highest BCUT2D eigenvalue weighted by Gasteiger charge is 2.31. The molecule has 15 heavy (non-hydrogen) atoms. The number of ether oxygens (including phenoxy) is 1. The Hall–Kier alpha value is -0.610. The number of nitrogens with one attached hydrogen (secondary N) is 2. The number of hydrogen-bond donors (Lipinski definition) is 2. The van der Waals surface area contributed by atoms with Crippen LogP contribution in [0.3, 0.4) is 0 Å². The van der Waals surface area contributed by atoms with Crippen LogP contribution in [0, 0.1) is 5.92 Å². The maximum atomic E-state index is 11.9. The highest BCUT2D eigenvalue weighted by Crippen LogP contribution is 2.25. The number of amides is 1. The summed E-state index contributed by atoms with van der Waals surface area (Å²) >= 11 is 0. The third-order valence-electron chi connectivity index (χ3n) is 3.51. The Bertz CT molecular complexity index is 227. The molecule has 2 aliphatic rings. The number of hydrogen-bond acceptors (Lipinski definition) is 3. The van der Waals surface area contributed by atoms with Crippen molar-refractivity contribution in [2.24, 2.45) is 5.92 Å². The first kappa shape index (κ1) is 10.9. The van der Waals surface area contributed by atoms with Gasteiger partial charge in [-0.15, -0.1) is 0 Å². The van der Waals surface area contributed by atoms with E-state index in [1.165, 1.54) is 12.8 Å². The molecule has 0 bridgehead atoms. The normalized spacial score (nSPS) is 32.1. The van der Waals surface area contributed by atoms with Crippen molar-refractivity contribution in [1.82, 2.24) is 10.6 Å². The molecule has 0 aromatic rings. The molecule has 0 radical (unpaired) electrons. The van der Waals surface area contributed by atoms with Crippen molar-refractivity contribution >= 4 is 5.91 Å². The summed E-state index contributed by atoms with van der Waals surface area (Å²) in [5.41, 5.74) is 0. The van der Waals surface area contributed by atoms with Gasteiger partial charge in [-0.1, -0.05) is 12.8 Å². The average Bonchev–Trinajstić information content (AvgIpc) is 2.87. The molecule has 0 aromatic heterocycles. The van der Waals surface area contributed by atoms with Crippen molar-refractivity contribution in [3.63, 3.8) is 0 Å². The molecule has 0 spiro atoms. The third kappa shape index (κ3) is 2.49. The van der Waals surface area contributed by atoms with E-state index in [1.807, 2.05) is 0 Å². The average molecular weight is 212 g/mol. The lowest BCUT2D eigenvalue weighted by molar-refractivity contribution is -0.126. The minimum atomic E-state index is 0.135. The molecule has 2 N–H and O–H groups in total. The molecule has 1 aliphatic heterocycles. The first-order valence-corrected chi connectivity index (χ1v) is 5.85. The fourth-order valence-corrected chi connectivity index (χ4v) is 2.53.